The highest BCUT2D eigenvalue weighted by molar-refractivity contribution is 7.93. The normalized spacial score (nSPS) is 12.3. The summed E-state index contributed by atoms with van der Waals surface area (Å²) in [5, 5.41) is 9.83. The predicted octanol–water partition coefficient (Wildman–Crippen LogP) is 5.79. The molecule has 0 aliphatic carbocycles. The first-order valence-electron chi connectivity index (χ1n) is 8.60. The number of carboxylic acid groups (broad SMARTS) is 1. The lowest BCUT2D eigenvalue weighted by Gasteiger charge is -2.24. The summed E-state index contributed by atoms with van der Waals surface area (Å²) in [6.07, 6.45) is -6.04. The Balaban J connectivity index is 2.05. The van der Waals surface area contributed by atoms with E-state index in [1.165, 1.54) is 0 Å². The van der Waals surface area contributed by atoms with E-state index in [0.29, 0.717) is 10.1 Å². The Morgan fingerprint density at radius 3 is 2.30 bits per heavy atom. The van der Waals surface area contributed by atoms with Gasteiger partial charge in [-0.15, -0.1) is 11.3 Å². The van der Waals surface area contributed by atoms with Crippen LogP contribution >= 0.6 is 22.9 Å². The van der Waals surface area contributed by atoms with Crippen LogP contribution in [-0.2, 0) is 10.0 Å². The summed E-state index contributed by atoms with van der Waals surface area (Å²) in [5.41, 5.74) is -0.113. The molecule has 0 bridgehead atoms. The van der Waals surface area contributed by atoms with E-state index in [2.05, 4.69) is 0 Å². The first kappa shape index (κ1) is 22.4. The number of sulfonamides is 1. The van der Waals surface area contributed by atoms with Crippen molar-refractivity contribution in [2.24, 2.45) is 0 Å². The van der Waals surface area contributed by atoms with E-state index < -0.39 is 41.6 Å². The fourth-order valence-electron chi connectivity index (χ4n) is 2.81. The lowest BCUT2D eigenvalue weighted by atomic mass is 10.2. The number of fused-ring (bicyclic) bond motifs is 1. The van der Waals surface area contributed by atoms with Gasteiger partial charge in [-0.1, -0.05) is 29.8 Å². The zero-order valence-corrected chi connectivity index (χ0v) is 17.6. The molecule has 3 aromatic rings. The molecule has 0 amide bonds. The number of halogens is 4. The lowest BCUT2D eigenvalue weighted by molar-refractivity contribution is -0.134. The minimum absolute atomic E-state index is 0.113. The second-order valence-electron chi connectivity index (χ2n) is 6.34. The van der Waals surface area contributed by atoms with Crippen LogP contribution in [0.5, 0.6) is 0 Å². The van der Waals surface area contributed by atoms with Gasteiger partial charge in [-0.05, 0) is 36.8 Å². The van der Waals surface area contributed by atoms with E-state index in [4.69, 9.17) is 16.7 Å². The Kier molecular flexibility index (Phi) is 6.30. The molecule has 2 aromatic carbocycles. The number of aromatic carboxylic acids is 1. The van der Waals surface area contributed by atoms with Gasteiger partial charge in [0.25, 0.3) is 10.0 Å². The maximum Gasteiger partial charge on any atom is 0.389 e. The van der Waals surface area contributed by atoms with Crippen LogP contribution < -0.4 is 4.31 Å². The summed E-state index contributed by atoms with van der Waals surface area (Å²) in [6.45, 7) is -0.435. The van der Waals surface area contributed by atoms with E-state index in [0.717, 1.165) is 39.9 Å². The van der Waals surface area contributed by atoms with Gasteiger partial charge in [0.15, 0.2) is 0 Å². The molecule has 0 radical (unpaired) electrons. The third-order valence-corrected chi connectivity index (χ3v) is 7.87. The van der Waals surface area contributed by atoms with Crippen LogP contribution in [0.3, 0.4) is 0 Å². The molecule has 11 heteroatoms. The van der Waals surface area contributed by atoms with Crippen molar-refractivity contribution >= 4 is 54.0 Å². The topological polar surface area (TPSA) is 74.7 Å². The average Bonchev–Trinajstić information content (AvgIpc) is 3.01. The van der Waals surface area contributed by atoms with Crippen molar-refractivity contribution in [3.63, 3.8) is 0 Å². The molecule has 5 nitrogen and oxygen atoms in total. The minimum atomic E-state index is -4.43. The largest absolute Gasteiger partial charge is 0.478 e. The number of thiophene rings is 1. The number of carboxylic acids is 1. The quantitative estimate of drug-likeness (QED) is 0.467. The average molecular weight is 478 g/mol. The van der Waals surface area contributed by atoms with Crippen LogP contribution in [0.2, 0.25) is 5.02 Å². The highest BCUT2D eigenvalue weighted by atomic mass is 35.5. The monoisotopic (exact) mass is 477 g/mol. The van der Waals surface area contributed by atoms with Crippen LogP contribution in [0.15, 0.2) is 53.4 Å². The van der Waals surface area contributed by atoms with Gasteiger partial charge < -0.3 is 5.11 Å². The van der Waals surface area contributed by atoms with Gasteiger partial charge in [0, 0.05) is 23.1 Å². The highest BCUT2D eigenvalue weighted by Crippen LogP contribution is 2.44. The molecule has 0 spiro atoms. The van der Waals surface area contributed by atoms with Crippen LogP contribution in [0.4, 0.5) is 18.2 Å². The Hall–Kier alpha value is -2.30. The zero-order chi connectivity index (χ0) is 22.1. The van der Waals surface area contributed by atoms with Crippen molar-refractivity contribution in [1.29, 1.82) is 0 Å². The molecule has 30 heavy (non-hydrogen) atoms. The Morgan fingerprint density at radius 2 is 1.73 bits per heavy atom. The summed E-state index contributed by atoms with van der Waals surface area (Å²) in [5.74, 6) is -1.23. The van der Waals surface area contributed by atoms with Crippen molar-refractivity contribution in [3.05, 3.63) is 59.1 Å². The number of hydrogen-bond donors (Lipinski definition) is 1. The van der Waals surface area contributed by atoms with Gasteiger partial charge in [-0.3, -0.25) is 4.31 Å². The molecule has 0 saturated heterocycles. The molecule has 0 atom stereocenters. The van der Waals surface area contributed by atoms with Crippen molar-refractivity contribution < 1.29 is 31.5 Å². The Bertz CT molecular complexity index is 1170. The van der Waals surface area contributed by atoms with E-state index >= 15 is 0 Å². The number of rotatable bonds is 7. The fourth-order valence-corrected chi connectivity index (χ4v) is 6.15. The van der Waals surface area contributed by atoms with Gasteiger partial charge in [-0.25, -0.2) is 13.2 Å². The zero-order valence-electron chi connectivity index (χ0n) is 15.2. The third kappa shape index (κ3) is 4.71. The van der Waals surface area contributed by atoms with Gasteiger partial charge in [-0.2, -0.15) is 13.2 Å². The number of nitrogens with zero attached hydrogens (tertiary/aromatic N) is 1. The SMILES string of the molecule is O=C(O)c1ccc(S(=O)(=O)N(CCCC(F)(F)F)c2sc3ccccc3c2Cl)cc1. The van der Waals surface area contributed by atoms with E-state index in [1.807, 2.05) is 0 Å². The number of hydrogen-bond acceptors (Lipinski definition) is 4. The molecular weight excluding hydrogens is 463 g/mol. The van der Waals surface area contributed by atoms with Crippen LogP contribution in [0.1, 0.15) is 23.2 Å². The number of anilines is 1. The van der Waals surface area contributed by atoms with Gasteiger partial charge in [0.1, 0.15) is 5.00 Å². The first-order valence-corrected chi connectivity index (χ1v) is 11.2. The first-order chi connectivity index (χ1) is 14.0. The second-order valence-corrected chi connectivity index (χ2v) is 9.61. The minimum Gasteiger partial charge on any atom is -0.478 e. The number of alkyl halides is 3. The molecule has 0 aliphatic rings. The molecule has 1 heterocycles. The molecule has 3 rings (SSSR count). The lowest BCUT2D eigenvalue weighted by Crippen LogP contribution is -2.32. The maximum atomic E-state index is 13.2. The number of carbonyl (C=O) groups is 1. The van der Waals surface area contributed by atoms with Crippen molar-refractivity contribution in [2.45, 2.75) is 23.9 Å². The molecule has 0 fully saturated rings. The molecular formula is C19H15ClF3NO4S2. The summed E-state index contributed by atoms with van der Waals surface area (Å²) in [7, 11) is -4.29. The number of benzene rings is 2. The third-order valence-electron chi connectivity index (χ3n) is 4.26. The Morgan fingerprint density at radius 1 is 1.10 bits per heavy atom. The van der Waals surface area contributed by atoms with Crippen molar-refractivity contribution in [1.82, 2.24) is 0 Å². The van der Waals surface area contributed by atoms with Crippen molar-refractivity contribution in [3.8, 4) is 0 Å². The summed E-state index contributed by atoms with van der Waals surface area (Å²) in [6, 6.07) is 11.3. The molecule has 0 aliphatic heterocycles. The molecule has 0 saturated carbocycles. The van der Waals surface area contributed by atoms with Crippen LogP contribution in [-0.4, -0.2) is 32.2 Å². The van der Waals surface area contributed by atoms with Crippen LogP contribution in [0.25, 0.3) is 10.1 Å². The molecule has 0 unspecified atom stereocenters. The molecule has 160 valence electrons. The van der Waals surface area contributed by atoms with Gasteiger partial charge in [0.05, 0.1) is 15.5 Å². The smallest absolute Gasteiger partial charge is 0.389 e. The standard InChI is InChI=1S/C19H15ClF3NO4S2/c20-16-14-4-1-2-5-15(14)29-17(16)24(11-3-10-19(21,22)23)30(27,28)13-8-6-12(7-9-13)18(25)26/h1-2,4-9H,3,10-11H2,(H,25,26). The Labute approximate surface area is 179 Å². The summed E-state index contributed by atoms with van der Waals surface area (Å²) >= 11 is 7.44. The van der Waals surface area contributed by atoms with Crippen LogP contribution in [0, 0.1) is 0 Å². The maximum absolute atomic E-state index is 13.2. The van der Waals surface area contributed by atoms with Gasteiger partial charge in [0.2, 0.25) is 0 Å². The predicted molar refractivity (Wildman–Crippen MR) is 110 cm³/mol. The molecule has 1 N–H and O–H groups in total. The van der Waals surface area contributed by atoms with Gasteiger partial charge >= 0.3 is 12.1 Å². The fraction of sp³-hybridized carbons (Fsp3) is 0.211. The molecule has 1 aromatic heterocycles. The summed E-state index contributed by atoms with van der Waals surface area (Å²) < 4.78 is 66.0. The summed E-state index contributed by atoms with van der Waals surface area (Å²) in [4.78, 5) is 10.8. The van der Waals surface area contributed by atoms with E-state index in [9.17, 15) is 26.4 Å². The van der Waals surface area contributed by atoms with Crippen molar-refractivity contribution in [2.75, 3.05) is 10.8 Å². The second kappa shape index (κ2) is 8.44. The van der Waals surface area contributed by atoms with E-state index in [-0.39, 0.29) is 20.5 Å². The highest BCUT2D eigenvalue weighted by Gasteiger charge is 2.32. The van der Waals surface area contributed by atoms with E-state index in [1.54, 1.807) is 24.3 Å².